The van der Waals surface area contributed by atoms with Crippen LogP contribution in [0.2, 0.25) is 0 Å². The van der Waals surface area contributed by atoms with Crippen molar-refractivity contribution in [1.82, 2.24) is 15.1 Å². The third kappa shape index (κ3) is 3.63. The Labute approximate surface area is 117 Å². The Balaban J connectivity index is 1.96. The lowest BCUT2D eigenvalue weighted by molar-refractivity contribution is -0.190. The van der Waals surface area contributed by atoms with Crippen molar-refractivity contribution < 1.29 is 18.0 Å². The molecule has 116 valence electrons. The van der Waals surface area contributed by atoms with E-state index in [1.165, 1.54) is 4.90 Å². The van der Waals surface area contributed by atoms with Gasteiger partial charge in [0, 0.05) is 25.7 Å². The molecule has 2 fully saturated rings. The second kappa shape index (κ2) is 5.89. The van der Waals surface area contributed by atoms with Gasteiger partial charge in [-0.3, -0.25) is 9.69 Å². The quantitative estimate of drug-likeness (QED) is 0.846. The molecule has 2 saturated heterocycles. The molecule has 4 nitrogen and oxygen atoms in total. The summed E-state index contributed by atoms with van der Waals surface area (Å²) in [5.41, 5.74) is 0. The molecule has 0 bridgehead atoms. The summed E-state index contributed by atoms with van der Waals surface area (Å²) in [7, 11) is 0. The molecule has 0 aromatic rings. The van der Waals surface area contributed by atoms with Crippen LogP contribution in [-0.2, 0) is 4.79 Å². The molecular formula is C13H22F3N3O. The third-order valence-corrected chi connectivity index (χ3v) is 4.20. The van der Waals surface area contributed by atoms with Crippen LogP contribution in [0.3, 0.4) is 0 Å². The maximum Gasteiger partial charge on any atom is 0.405 e. The largest absolute Gasteiger partial charge is 0.405 e. The minimum atomic E-state index is -4.29. The Morgan fingerprint density at radius 1 is 1.40 bits per heavy atom. The summed E-state index contributed by atoms with van der Waals surface area (Å²) in [6.45, 7) is 5.80. The number of alkyl halides is 3. The van der Waals surface area contributed by atoms with Crippen LogP contribution >= 0.6 is 0 Å². The molecule has 0 aromatic heterocycles. The fourth-order valence-corrected chi connectivity index (χ4v) is 3.02. The predicted molar refractivity (Wildman–Crippen MR) is 69.2 cm³/mol. The maximum absolute atomic E-state index is 13.0. The average molecular weight is 293 g/mol. The van der Waals surface area contributed by atoms with Gasteiger partial charge in [-0.05, 0) is 32.7 Å². The Morgan fingerprint density at radius 2 is 2.10 bits per heavy atom. The van der Waals surface area contributed by atoms with E-state index in [0.717, 1.165) is 19.5 Å². The van der Waals surface area contributed by atoms with Crippen LogP contribution in [0.5, 0.6) is 0 Å². The molecule has 0 radical (unpaired) electrons. The van der Waals surface area contributed by atoms with E-state index in [-0.39, 0.29) is 24.9 Å². The normalized spacial score (nSPS) is 30.0. The minimum Gasteiger partial charge on any atom is -0.353 e. The molecule has 1 amide bonds. The molecule has 2 atom stereocenters. The highest BCUT2D eigenvalue weighted by Gasteiger charge is 2.46. The monoisotopic (exact) mass is 293 g/mol. The number of hydrogen-bond donors (Lipinski definition) is 1. The number of hydrogen-bond acceptors (Lipinski definition) is 3. The third-order valence-electron chi connectivity index (χ3n) is 4.20. The van der Waals surface area contributed by atoms with Crippen molar-refractivity contribution >= 4 is 5.91 Å². The van der Waals surface area contributed by atoms with Crippen LogP contribution < -0.4 is 5.32 Å². The van der Waals surface area contributed by atoms with E-state index in [1.807, 2.05) is 0 Å². The summed E-state index contributed by atoms with van der Waals surface area (Å²) in [5.74, 6) is -0.0997. The lowest BCUT2D eigenvalue weighted by Crippen LogP contribution is -2.60. The van der Waals surface area contributed by atoms with E-state index >= 15 is 0 Å². The van der Waals surface area contributed by atoms with Gasteiger partial charge in [-0.15, -0.1) is 0 Å². The predicted octanol–water partition coefficient (Wildman–Crippen LogP) is 1.08. The first kappa shape index (κ1) is 15.6. The maximum atomic E-state index is 13.0. The number of nitrogens with one attached hydrogen (secondary N) is 1. The Morgan fingerprint density at radius 3 is 2.65 bits per heavy atom. The number of halogens is 3. The zero-order chi connectivity index (χ0) is 14.9. The molecule has 2 unspecified atom stereocenters. The van der Waals surface area contributed by atoms with E-state index in [0.29, 0.717) is 12.6 Å². The number of nitrogens with zero attached hydrogens (tertiary/aromatic N) is 2. The fraction of sp³-hybridized carbons (Fsp3) is 0.923. The number of carbonyl (C=O) groups is 1. The summed E-state index contributed by atoms with van der Waals surface area (Å²) in [5, 5.41) is 2.31. The summed E-state index contributed by atoms with van der Waals surface area (Å²) in [6.07, 6.45) is -3.38. The molecule has 0 spiro atoms. The van der Waals surface area contributed by atoms with Crippen molar-refractivity contribution in [2.75, 3.05) is 32.7 Å². The van der Waals surface area contributed by atoms with Gasteiger partial charge in [0.1, 0.15) is 6.04 Å². The summed E-state index contributed by atoms with van der Waals surface area (Å²) < 4.78 is 39.0. The Kier molecular flexibility index (Phi) is 4.59. The first-order chi connectivity index (χ1) is 9.27. The highest BCUT2D eigenvalue weighted by atomic mass is 19.4. The lowest BCUT2D eigenvalue weighted by Gasteiger charge is -2.37. The van der Waals surface area contributed by atoms with E-state index in [1.54, 1.807) is 0 Å². The number of piperazine rings is 1. The van der Waals surface area contributed by atoms with Crippen LogP contribution in [0.25, 0.3) is 0 Å². The van der Waals surface area contributed by atoms with Gasteiger partial charge in [-0.25, -0.2) is 0 Å². The second-order valence-electron chi connectivity index (χ2n) is 6.03. The van der Waals surface area contributed by atoms with E-state index in [2.05, 4.69) is 24.1 Å². The Bertz CT molecular complexity index is 359. The first-order valence-electron chi connectivity index (χ1n) is 7.09. The molecule has 20 heavy (non-hydrogen) atoms. The lowest BCUT2D eigenvalue weighted by atomic mass is 10.1. The summed E-state index contributed by atoms with van der Waals surface area (Å²) in [6, 6.07) is -1.13. The molecule has 2 rings (SSSR count). The van der Waals surface area contributed by atoms with Gasteiger partial charge in [0.15, 0.2) is 0 Å². The van der Waals surface area contributed by atoms with Crippen molar-refractivity contribution in [2.24, 2.45) is 5.92 Å². The smallest absolute Gasteiger partial charge is 0.353 e. The number of rotatable bonds is 3. The van der Waals surface area contributed by atoms with Gasteiger partial charge in [0.2, 0.25) is 5.91 Å². The van der Waals surface area contributed by atoms with Crippen LogP contribution in [0.1, 0.15) is 20.3 Å². The van der Waals surface area contributed by atoms with Gasteiger partial charge >= 0.3 is 6.18 Å². The van der Waals surface area contributed by atoms with Crippen LogP contribution in [-0.4, -0.2) is 66.7 Å². The molecule has 2 aliphatic heterocycles. The number of amides is 1. The Hall–Kier alpha value is -0.820. The molecule has 0 aromatic carbocycles. The van der Waals surface area contributed by atoms with Crippen LogP contribution in [0.15, 0.2) is 0 Å². The standard InChI is InChI=1S/C13H22F3N3O/c1-9(2)18-4-3-10(6-18)7-19-8-12(20)17-5-11(19)13(14,15)16/h9-11H,3-8H2,1-2H3,(H,17,20). The SMILES string of the molecule is CC(C)N1CCC(CN2CC(=O)NCC2C(F)(F)F)C1. The van der Waals surface area contributed by atoms with Gasteiger partial charge in [-0.1, -0.05) is 0 Å². The van der Waals surface area contributed by atoms with Gasteiger partial charge in [0.25, 0.3) is 0 Å². The van der Waals surface area contributed by atoms with Crippen molar-refractivity contribution in [3.63, 3.8) is 0 Å². The molecule has 2 heterocycles. The van der Waals surface area contributed by atoms with E-state index < -0.39 is 12.2 Å². The molecule has 2 aliphatic rings. The van der Waals surface area contributed by atoms with Crippen molar-refractivity contribution in [3.8, 4) is 0 Å². The fourth-order valence-electron chi connectivity index (χ4n) is 3.02. The number of likely N-dealkylation sites (tertiary alicyclic amines) is 1. The van der Waals surface area contributed by atoms with Crippen LogP contribution in [0.4, 0.5) is 13.2 Å². The average Bonchev–Trinajstić information content (AvgIpc) is 2.76. The topological polar surface area (TPSA) is 35.6 Å². The molecular weight excluding hydrogens is 271 g/mol. The van der Waals surface area contributed by atoms with Gasteiger partial charge in [0.05, 0.1) is 6.54 Å². The highest BCUT2D eigenvalue weighted by Crippen LogP contribution is 2.28. The minimum absolute atomic E-state index is 0.150. The summed E-state index contributed by atoms with van der Waals surface area (Å²) >= 11 is 0. The van der Waals surface area contributed by atoms with Gasteiger partial charge < -0.3 is 10.2 Å². The van der Waals surface area contributed by atoms with Crippen LogP contribution in [0, 0.1) is 5.92 Å². The van der Waals surface area contributed by atoms with E-state index in [4.69, 9.17) is 0 Å². The zero-order valence-corrected chi connectivity index (χ0v) is 11.9. The molecule has 1 N–H and O–H groups in total. The zero-order valence-electron chi connectivity index (χ0n) is 11.9. The summed E-state index contributed by atoms with van der Waals surface area (Å²) in [4.78, 5) is 14.9. The highest BCUT2D eigenvalue weighted by molar-refractivity contribution is 5.78. The second-order valence-corrected chi connectivity index (χ2v) is 6.03. The van der Waals surface area contributed by atoms with Gasteiger partial charge in [-0.2, -0.15) is 13.2 Å². The van der Waals surface area contributed by atoms with Crippen molar-refractivity contribution in [1.29, 1.82) is 0 Å². The molecule has 7 heteroatoms. The van der Waals surface area contributed by atoms with Crippen molar-refractivity contribution in [3.05, 3.63) is 0 Å². The van der Waals surface area contributed by atoms with E-state index in [9.17, 15) is 18.0 Å². The number of carbonyl (C=O) groups excluding carboxylic acids is 1. The molecule has 0 saturated carbocycles. The van der Waals surface area contributed by atoms with Crippen molar-refractivity contribution in [2.45, 2.75) is 38.5 Å². The molecule has 0 aliphatic carbocycles. The first-order valence-corrected chi connectivity index (χ1v) is 7.09.